The molecule has 1 saturated carbocycles. The number of carbonyl (C=O) groups is 1. The molecule has 0 radical (unpaired) electrons. The second-order valence-corrected chi connectivity index (χ2v) is 5.70. The lowest BCUT2D eigenvalue weighted by Gasteiger charge is -2.16. The number of rotatable bonds is 4. The monoisotopic (exact) mass is 259 g/mol. The maximum atomic E-state index is 11.9. The molecule has 102 valence electrons. The molecule has 1 N–H and O–H groups in total. The SMILES string of the molecule is O=C(CC1CC[C@H]2NCC[C@@H]12)OCc1ccccc1. The van der Waals surface area contributed by atoms with E-state index in [0.717, 1.165) is 12.1 Å². The van der Waals surface area contributed by atoms with Gasteiger partial charge in [0.25, 0.3) is 0 Å². The number of benzene rings is 1. The van der Waals surface area contributed by atoms with E-state index in [4.69, 9.17) is 4.74 Å². The van der Waals surface area contributed by atoms with Crippen molar-refractivity contribution in [2.75, 3.05) is 6.54 Å². The maximum absolute atomic E-state index is 11.9. The van der Waals surface area contributed by atoms with E-state index in [0.29, 0.717) is 30.9 Å². The molecule has 19 heavy (non-hydrogen) atoms. The molecular formula is C16H21NO2. The topological polar surface area (TPSA) is 38.3 Å². The van der Waals surface area contributed by atoms with Crippen LogP contribution >= 0.6 is 0 Å². The van der Waals surface area contributed by atoms with Crippen molar-refractivity contribution in [3.63, 3.8) is 0 Å². The van der Waals surface area contributed by atoms with Gasteiger partial charge in [-0.2, -0.15) is 0 Å². The first-order valence-electron chi connectivity index (χ1n) is 7.26. The molecule has 2 fully saturated rings. The van der Waals surface area contributed by atoms with Crippen LogP contribution < -0.4 is 5.32 Å². The largest absolute Gasteiger partial charge is 0.461 e. The standard InChI is InChI=1S/C16H21NO2/c18-16(19-11-12-4-2-1-3-5-12)10-13-6-7-15-14(13)8-9-17-15/h1-5,13-15,17H,6-11H2/t13?,14-,15+/m0/s1. The molecule has 3 heteroatoms. The third-order valence-corrected chi connectivity index (χ3v) is 4.53. The smallest absolute Gasteiger partial charge is 0.306 e. The van der Waals surface area contributed by atoms with Crippen molar-refractivity contribution in [2.24, 2.45) is 11.8 Å². The van der Waals surface area contributed by atoms with Crippen molar-refractivity contribution in [1.29, 1.82) is 0 Å². The summed E-state index contributed by atoms with van der Waals surface area (Å²) in [7, 11) is 0. The zero-order valence-corrected chi connectivity index (χ0v) is 11.2. The zero-order valence-electron chi connectivity index (χ0n) is 11.2. The molecule has 1 unspecified atom stereocenters. The van der Waals surface area contributed by atoms with Gasteiger partial charge in [0, 0.05) is 12.5 Å². The van der Waals surface area contributed by atoms with Crippen molar-refractivity contribution in [3.05, 3.63) is 35.9 Å². The van der Waals surface area contributed by atoms with Crippen LogP contribution in [0.25, 0.3) is 0 Å². The minimum Gasteiger partial charge on any atom is -0.461 e. The highest BCUT2D eigenvalue weighted by Crippen LogP contribution is 2.39. The molecule has 0 aromatic heterocycles. The van der Waals surface area contributed by atoms with Crippen LogP contribution in [0.2, 0.25) is 0 Å². The third kappa shape index (κ3) is 2.98. The summed E-state index contributed by atoms with van der Waals surface area (Å²) in [5.41, 5.74) is 1.06. The van der Waals surface area contributed by atoms with Gasteiger partial charge in [0.15, 0.2) is 0 Å². The van der Waals surface area contributed by atoms with Gasteiger partial charge in [0.2, 0.25) is 0 Å². The summed E-state index contributed by atoms with van der Waals surface area (Å²) < 4.78 is 5.38. The maximum Gasteiger partial charge on any atom is 0.306 e. The molecule has 1 heterocycles. The Morgan fingerprint density at radius 3 is 2.89 bits per heavy atom. The quantitative estimate of drug-likeness (QED) is 0.844. The van der Waals surface area contributed by atoms with Crippen LogP contribution in [0, 0.1) is 11.8 Å². The van der Waals surface area contributed by atoms with E-state index in [1.165, 1.54) is 19.3 Å². The van der Waals surface area contributed by atoms with Gasteiger partial charge < -0.3 is 10.1 Å². The van der Waals surface area contributed by atoms with Crippen molar-refractivity contribution < 1.29 is 9.53 Å². The lowest BCUT2D eigenvalue weighted by Crippen LogP contribution is -2.24. The Morgan fingerprint density at radius 2 is 2.05 bits per heavy atom. The van der Waals surface area contributed by atoms with Crippen LogP contribution in [0.15, 0.2) is 30.3 Å². The van der Waals surface area contributed by atoms with Crippen LogP contribution in [0.3, 0.4) is 0 Å². The van der Waals surface area contributed by atoms with E-state index in [-0.39, 0.29) is 5.97 Å². The molecule has 1 aliphatic carbocycles. The molecule has 1 aliphatic heterocycles. The van der Waals surface area contributed by atoms with Crippen LogP contribution in [-0.4, -0.2) is 18.6 Å². The summed E-state index contributed by atoms with van der Waals surface area (Å²) in [6.45, 7) is 1.52. The summed E-state index contributed by atoms with van der Waals surface area (Å²) in [4.78, 5) is 11.9. The molecule has 2 aliphatic rings. The van der Waals surface area contributed by atoms with Crippen molar-refractivity contribution >= 4 is 5.97 Å². The van der Waals surface area contributed by atoms with E-state index in [1.807, 2.05) is 30.3 Å². The van der Waals surface area contributed by atoms with Crippen LogP contribution in [0.5, 0.6) is 0 Å². The average Bonchev–Trinajstić information content (AvgIpc) is 3.03. The molecule has 0 amide bonds. The Morgan fingerprint density at radius 1 is 1.21 bits per heavy atom. The number of hydrogen-bond donors (Lipinski definition) is 1. The zero-order chi connectivity index (χ0) is 13.1. The van der Waals surface area contributed by atoms with Gasteiger partial charge in [-0.05, 0) is 43.2 Å². The number of ether oxygens (including phenoxy) is 1. The first-order chi connectivity index (χ1) is 9.33. The van der Waals surface area contributed by atoms with Crippen LogP contribution in [0.1, 0.15) is 31.2 Å². The Labute approximate surface area is 114 Å². The Hall–Kier alpha value is -1.35. The molecule has 3 nitrogen and oxygen atoms in total. The normalized spacial score (nSPS) is 29.2. The minimum absolute atomic E-state index is 0.0404. The number of fused-ring (bicyclic) bond motifs is 1. The first kappa shape index (κ1) is 12.7. The molecule has 3 rings (SSSR count). The van der Waals surface area contributed by atoms with Gasteiger partial charge in [-0.15, -0.1) is 0 Å². The molecule has 1 aromatic rings. The summed E-state index contributed by atoms with van der Waals surface area (Å²) in [6, 6.07) is 10.5. The summed E-state index contributed by atoms with van der Waals surface area (Å²) in [5.74, 6) is 1.19. The van der Waals surface area contributed by atoms with E-state index in [2.05, 4.69) is 5.32 Å². The van der Waals surface area contributed by atoms with Crippen molar-refractivity contribution in [2.45, 2.75) is 38.3 Å². The lowest BCUT2D eigenvalue weighted by atomic mass is 9.91. The van der Waals surface area contributed by atoms with E-state index < -0.39 is 0 Å². The second-order valence-electron chi connectivity index (χ2n) is 5.70. The molecular weight excluding hydrogens is 238 g/mol. The highest BCUT2D eigenvalue weighted by molar-refractivity contribution is 5.69. The third-order valence-electron chi connectivity index (χ3n) is 4.53. The van der Waals surface area contributed by atoms with Gasteiger partial charge in [0.1, 0.15) is 6.61 Å². The fourth-order valence-electron chi connectivity index (χ4n) is 3.54. The van der Waals surface area contributed by atoms with Crippen molar-refractivity contribution in [1.82, 2.24) is 5.32 Å². The van der Waals surface area contributed by atoms with Gasteiger partial charge in [-0.3, -0.25) is 4.79 Å². The summed E-state index contributed by atoms with van der Waals surface area (Å²) in [6.07, 6.45) is 4.21. The molecule has 1 aromatic carbocycles. The molecule has 1 saturated heterocycles. The first-order valence-corrected chi connectivity index (χ1v) is 7.26. The highest BCUT2D eigenvalue weighted by atomic mass is 16.5. The minimum atomic E-state index is -0.0404. The van der Waals surface area contributed by atoms with E-state index in [1.54, 1.807) is 0 Å². The summed E-state index contributed by atoms with van der Waals surface area (Å²) >= 11 is 0. The number of nitrogens with one attached hydrogen (secondary N) is 1. The average molecular weight is 259 g/mol. The number of carbonyl (C=O) groups excluding carboxylic acids is 1. The molecule has 0 spiro atoms. The lowest BCUT2D eigenvalue weighted by molar-refractivity contribution is -0.146. The van der Waals surface area contributed by atoms with Crippen LogP contribution in [0.4, 0.5) is 0 Å². The van der Waals surface area contributed by atoms with Gasteiger partial charge in [0.05, 0.1) is 0 Å². The fraction of sp³-hybridized carbons (Fsp3) is 0.562. The van der Waals surface area contributed by atoms with Gasteiger partial charge in [-0.1, -0.05) is 30.3 Å². The highest BCUT2D eigenvalue weighted by Gasteiger charge is 2.39. The van der Waals surface area contributed by atoms with Crippen molar-refractivity contribution in [3.8, 4) is 0 Å². The Balaban J connectivity index is 1.46. The molecule has 3 atom stereocenters. The van der Waals surface area contributed by atoms with Gasteiger partial charge >= 0.3 is 5.97 Å². The predicted molar refractivity (Wildman–Crippen MR) is 73.5 cm³/mol. The number of hydrogen-bond acceptors (Lipinski definition) is 3. The van der Waals surface area contributed by atoms with Crippen LogP contribution in [-0.2, 0) is 16.1 Å². The van der Waals surface area contributed by atoms with E-state index >= 15 is 0 Å². The van der Waals surface area contributed by atoms with Gasteiger partial charge in [-0.25, -0.2) is 0 Å². The fourth-order valence-corrected chi connectivity index (χ4v) is 3.54. The Bertz CT molecular complexity index is 432. The predicted octanol–water partition coefficient (Wildman–Crippen LogP) is 2.51. The molecule has 0 bridgehead atoms. The second kappa shape index (κ2) is 5.74. The van der Waals surface area contributed by atoms with E-state index in [9.17, 15) is 4.79 Å². The Kier molecular flexibility index (Phi) is 3.83. The summed E-state index contributed by atoms with van der Waals surface area (Å²) in [5, 5.41) is 3.53. The number of esters is 1.